The molecular weight excluding hydrogens is 325 g/mol. The van der Waals surface area contributed by atoms with Crippen molar-refractivity contribution < 1.29 is 8.91 Å². The van der Waals surface area contributed by atoms with Gasteiger partial charge >= 0.3 is 0 Å². The average Bonchev–Trinajstić information content (AvgIpc) is 3.25. The monoisotopic (exact) mass is 343 g/mol. The van der Waals surface area contributed by atoms with E-state index < -0.39 is 0 Å². The van der Waals surface area contributed by atoms with E-state index in [4.69, 9.17) is 4.52 Å². The second-order valence-electron chi connectivity index (χ2n) is 6.19. The molecule has 124 valence electrons. The summed E-state index contributed by atoms with van der Waals surface area (Å²) in [7, 11) is 0. The van der Waals surface area contributed by atoms with Crippen LogP contribution < -0.4 is 0 Å². The molecule has 0 bridgehead atoms. The number of halogens is 1. The fourth-order valence-electron chi connectivity index (χ4n) is 3.06. The molecule has 4 nitrogen and oxygen atoms in total. The van der Waals surface area contributed by atoms with Crippen molar-refractivity contribution in [2.75, 3.05) is 6.54 Å². The lowest BCUT2D eigenvalue weighted by molar-refractivity contribution is 0.159. The molecule has 4 rings (SSSR count). The molecule has 0 saturated carbocycles. The lowest BCUT2D eigenvalue weighted by Gasteiger charge is -2.30. The van der Waals surface area contributed by atoms with Crippen molar-refractivity contribution in [3.8, 4) is 11.4 Å². The molecule has 0 fully saturated rings. The summed E-state index contributed by atoms with van der Waals surface area (Å²) in [6, 6.07) is 7.11. The number of aryl methyl sites for hydroxylation is 1. The number of nitrogens with zero attached hydrogens (tertiary/aromatic N) is 3. The smallest absolute Gasteiger partial charge is 0.244 e. The van der Waals surface area contributed by atoms with E-state index >= 15 is 0 Å². The average molecular weight is 343 g/mol. The van der Waals surface area contributed by atoms with E-state index in [-0.39, 0.29) is 11.9 Å². The van der Waals surface area contributed by atoms with Gasteiger partial charge in [0, 0.05) is 23.5 Å². The summed E-state index contributed by atoms with van der Waals surface area (Å²) < 4.78 is 18.9. The van der Waals surface area contributed by atoms with Crippen LogP contribution in [0.15, 0.2) is 34.2 Å². The zero-order valence-electron chi connectivity index (χ0n) is 13.6. The highest BCUT2D eigenvalue weighted by Crippen LogP contribution is 2.30. The molecule has 0 N–H and O–H groups in total. The van der Waals surface area contributed by atoms with Gasteiger partial charge in [0.05, 0.1) is 6.04 Å². The van der Waals surface area contributed by atoms with Gasteiger partial charge in [0.15, 0.2) is 0 Å². The Morgan fingerprint density at radius 3 is 3.04 bits per heavy atom. The summed E-state index contributed by atoms with van der Waals surface area (Å²) in [4.78, 5) is 8.36. The molecule has 1 atom stereocenters. The summed E-state index contributed by atoms with van der Waals surface area (Å²) >= 11 is 1.83. The molecule has 3 heterocycles. The van der Waals surface area contributed by atoms with Crippen molar-refractivity contribution >= 4 is 11.3 Å². The number of thiophene rings is 1. The number of hydrogen-bond acceptors (Lipinski definition) is 5. The molecule has 24 heavy (non-hydrogen) atoms. The molecule has 0 radical (unpaired) electrons. The molecule has 6 heteroatoms. The number of rotatable bonds is 3. The topological polar surface area (TPSA) is 42.2 Å². The predicted molar refractivity (Wildman–Crippen MR) is 91.3 cm³/mol. The van der Waals surface area contributed by atoms with E-state index in [1.165, 1.54) is 16.5 Å². The quantitative estimate of drug-likeness (QED) is 0.708. The number of fused-ring (bicyclic) bond motifs is 1. The summed E-state index contributed by atoms with van der Waals surface area (Å²) in [5, 5.41) is 6.23. The van der Waals surface area contributed by atoms with Gasteiger partial charge in [0.25, 0.3) is 0 Å². The number of aromatic nitrogens is 2. The van der Waals surface area contributed by atoms with E-state index in [0.29, 0.717) is 17.3 Å². The Morgan fingerprint density at radius 2 is 2.21 bits per heavy atom. The van der Waals surface area contributed by atoms with Crippen molar-refractivity contribution in [3.05, 3.63) is 57.4 Å². The first-order valence-corrected chi connectivity index (χ1v) is 8.89. The summed E-state index contributed by atoms with van der Waals surface area (Å²) in [6.45, 7) is 5.72. The molecular formula is C18H18FN3OS. The fraction of sp³-hybridized carbons (Fsp3) is 0.333. The minimum Gasteiger partial charge on any atom is -0.337 e. The Bertz CT molecular complexity index is 873. The lowest BCUT2D eigenvalue weighted by Crippen LogP contribution is -2.32. The van der Waals surface area contributed by atoms with Crippen LogP contribution in [-0.2, 0) is 13.0 Å². The molecule has 1 unspecified atom stereocenters. The van der Waals surface area contributed by atoms with Crippen LogP contribution in [0.2, 0.25) is 0 Å². The van der Waals surface area contributed by atoms with Gasteiger partial charge in [-0.25, -0.2) is 4.39 Å². The highest BCUT2D eigenvalue weighted by atomic mass is 32.1. The highest BCUT2D eigenvalue weighted by Gasteiger charge is 2.26. The van der Waals surface area contributed by atoms with Gasteiger partial charge < -0.3 is 4.52 Å². The standard InChI is InChI=1S/C18H18FN3OS/c1-11-9-13(3-4-15(11)19)17-20-18(23-21-17)12(2)22-7-5-16-14(10-22)6-8-24-16/h3-4,6,8-9,12H,5,7,10H2,1-2H3. The zero-order valence-corrected chi connectivity index (χ0v) is 14.4. The first-order chi connectivity index (χ1) is 11.6. The maximum Gasteiger partial charge on any atom is 0.244 e. The molecule has 0 saturated heterocycles. The molecule has 0 aliphatic carbocycles. The van der Waals surface area contributed by atoms with Crippen LogP contribution in [0.1, 0.15) is 34.9 Å². The Morgan fingerprint density at radius 1 is 1.33 bits per heavy atom. The number of hydrogen-bond donors (Lipinski definition) is 0. The molecule has 3 aromatic rings. The maximum absolute atomic E-state index is 13.4. The van der Waals surface area contributed by atoms with Crippen LogP contribution in [-0.4, -0.2) is 21.6 Å². The minimum atomic E-state index is -0.226. The Labute approximate surface area is 143 Å². The van der Waals surface area contributed by atoms with Gasteiger partial charge in [-0.05, 0) is 61.0 Å². The van der Waals surface area contributed by atoms with Crippen LogP contribution in [0.4, 0.5) is 4.39 Å². The van der Waals surface area contributed by atoms with Crippen molar-refractivity contribution in [3.63, 3.8) is 0 Å². The molecule has 0 spiro atoms. The van der Waals surface area contributed by atoms with Gasteiger partial charge in [0.2, 0.25) is 11.7 Å². The fourth-order valence-corrected chi connectivity index (χ4v) is 3.95. The predicted octanol–water partition coefficient (Wildman–Crippen LogP) is 4.36. The third kappa shape index (κ3) is 2.76. The summed E-state index contributed by atoms with van der Waals surface area (Å²) in [6.07, 6.45) is 1.06. The van der Waals surface area contributed by atoms with Crippen molar-refractivity contribution in [2.45, 2.75) is 32.9 Å². The van der Waals surface area contributed by atoms with Gasteiger partial charge in [-0.2, -0.15) is 4.98 Å². The molecule has 1 aliphatic rings. The van der Waals surface area contributed by atoms with E-state index in [1.807, 2.05) is 11.3 Å². The van der Waals surface area contributed by atoms with Gasteiger partial charge in [0.1, 0.15) is 5.82 Å². The number of benzene rings is 1. The SMILES string of the molecule is Cc1cc(-c2noc(C(C)N3CCc4sccc4C3)n2)ccc1F. The van der Waals surface area contributed by atoms with E-state index in [0.717, 1.165) is 25.1 Å². The van der Waals surface area contributed by atoms with Crippen molar-refractivity contribution in [1.82, 2.24) is 15.0 Å². The Kier molecular flexibility index (Phi) is 3.94. The third-order valence-corrected chi connectivity index (χ3v) is 5.62. The summed E-state index contributed by atoms with van der Waals surface area (Å²) in [5.41, 5.74) is 2.75. The van der Waals surface area contributed by atoms with Gasteiger partial charge in [-0.15, -0.1) is 11.3 Å². The van der Waals surface area contributed by atoms with Crippen LogP contribution in [0.5, 0.6) is 0 Å². The second kappa shape index (κ2) is 6.11. The van der Waals surface area contributed by atoms with Crippen LogP contribution in [0.25, 0.3) is 11.4 Å². The minimum absolute atomic E-state index is 0.0563. The zero-order chi connectivity index (χ0) is 16.7. The van der Waals surface area contributed by atoms with Crippen LogP contribution >= 0.6 is 11.3 Å². The largest absolute Gasteiger partial charge is 0.337 e. The summed E-state index contributed by atoms with van der Waals surface area (Å²) in [5.74, 6) is 0.884. The third-order valence-electron chi connectivity index (χ3n) is 4.60. The van der Waals surface area contributed by atoms with Crippen LogP contribution in [0.3, 0.4) is 0 Å². The highest BCUT2D eigenvalue weighted by molar-refractivity contribution is 7.10. The van der Waals surface area contributed by atoms with Gasteiger partial charge in [-0.1, -0.05) is 5.16 Å². The first kappa shape index (κ1) is 15.5. The van der Waals surface area contributed by atoms with Crippen LogP contribution in [0, 0.1) is 12.7 Å². The maximum atomic E-state index is 13.4. The van der Waals surface area contributed by atoms with Crippen molar-refractivity contribution in [2.24, 2.45) is 0 Å². The Hall–Kier alpha value is -2.05. The normalized spacial score (nSPS) is 16.1. The molecule has 1 aliphatic heterocycles. The molecule has 0 amide bonds. The first-order valence-electron chi connectivity index (χ1n) is 8.01. The Balaban J connectivity index is 1.55. The lowest BCUT2D eigenvalue weighted by atomic mass is 10.1. The van der Waals surface area contributed by atoms with Gasteiger partial charge in [-0.3, -0.25) is 4.90 Å². The van der Waals surface area contributed by atoms with Crippen molar-refractivity contribution in [1.29, 1.82) is 0 Å². The molecule has 2 aromatic heterocycles. The van der Waals surface area contributed by atoms with E-state index in [1.54, 1.807) is 19.1 Å². The second-order valence-corrected chi connectivity index (χ2v) is 7.19. The molecule has 1 aromatic carbocycles. The van der Waals surface area contributed by atoms with E-state index in [2.05, 4.69) is 33.4 Å². The van der Waals surface area contributed by atoms with E-state index in [9.17, 15) is 4.39 Å².